The molecular formula is C14H21Br2N3. The van der Waals surface area contributed by atoms with E-state index < -0.39 is 0 Å². The van der Waals surface area contributed by atoms with Gasteiger partial charge in [0.25, 0.3) is 0 Å². The Balaban J connectivity index is 2.12. The van der Waals surface area contributed by atoms with Gasteiger partial charge >= 0.3 is 0 Å². The molecule has 0 radical (unpaired) electrons. The van der Waals surface area contributed by atoms with Crippen LogP contribution in [0, 0.1) is 11.8 Å². The fourth-order valence-corrected chi connectivity index (χ4v) is 4.26. The van der Waals surface area contributed by atoms with Crippen molar-refractivity contribution < 1.29 is 0 Å². The second-order valence-corrected chi connectivity index (χ2v) is 7.12. The van der Waals surface area contributed by atoms with Crippen LogP contribution >= 0.6 is 31.9 Å². The van der Waals surface area contributed by atoms with Gasteiger partial charge in [-0.05, 0) is 62.6 Å². The Morgan fingerprint density at radius 2 is 2.05 bits per heavy atom. The highest BCUT2D eigenvalue weighted by Gasteiger charge is 2.29. The molecule has 3 N–H and O–H groups in total. The van der Waals surface area contributed by atoms with Crippen LogP contribution in [0.15, 0.2) is 21.2 Å². The van der Waals surface area contributed by atoms with E-state index in [9.17, 15) is 0 Å². The molecule has 1 aromatic heterocycles. The number of pyridine rings is 1. The van der Waals surface area contributed by atoms with Gasteiger partial charge in [0.15, 0.2) is 0 Å². The molecule has 106 valence electrons. The first-order chi connectivity index (χ1) is 9.15. The molecule has 1 atom stereocenters. The number of halogens is 2. The van der Waals surface area contributed by atoms with Crippen molar-refractivity contribution in [2.75, 3.05) is 0 Å². The molecular weight excluding hydrogens is 370 g/mol. The zero-order valence-corrected chi connectivity index (χ0v) is 14.4. The predicted molar refractivity (Wildman–Crippen MR) is 85.4 cm³/mol. The van der Waals surface area contributed by atoms with Crippen LogP contribution in [0.2, 0.25) is 0 Å². The number of nitrogens with two attached hydrogens (primary N) is 1. The van der Waals surface area contributed by atoms with Crippen LogP contribution in [0.1, 0.15) is 50.8 Å². The highest BCUT2D eigenvalue weighted by Crippen LogP contribution is 2.39. The summed E-state index contributed by atoms with van der Waals surface area (Å²) in [6.07, 6.45) is 8.23. The number of aromatic nitrogens is 1. The number of hydrogen-bond donors (Lipinski definition) is 2. The third-order valence-corrected chi connectivity index (χ3v) is 5.32. The number of nitrogens with zero attached hydrogens (tertiary/aromatic N) is 1. The average Bonchev–Trinajstić information content (AvgIpc) is 2.42. The lowest BCUT2D eigenvalue weighted by molar-refractivity contribution is 0.216. The monoisotopic (exact) mass is 389 g/mol. The van der Waals surface area contributed by atoms with Gasteiger partial charge in [-0.15, -0.1) is 0 Å². The first-order valence-corrected chi connectivity index (χ1v) is 8.51. The molecule has 1 aliphatic carbocycles. The summed E-state index contributed by atoms with van der Waals surface area (Å²) in [5.41, 5.74) is 3.99. The van der Waals surface area contributed by atoms with Gasteiger partial charge in [-0.25, -0.2) is 0 Å². The van der Waals surface area contributed by atoms with Gasteiger partial charge in [-0.3, -0.25) is 16.3 Å². The van der Waals surface area contributed by atoms with Crippen LogP contribution in [0.4, 0.5) is 0 Å². The number of hydrogen-bond acceptors (Lipinski definition) is 3. The molecule has 0 saturated heterocycles. The SMILES string of the molecule is CCC1CCC(C(NN)c2ncc(Br)cc2Br)CC1. The number of nitrogens with one attached hydrogen (secondary N) is 1. The number of hydrazine groups is 1. The summed E-state index contributed by atoms with van der Waals surface area (Å²) < 4.78 is 2.00. The molecule has 0 aliphatic heterocycles. The zero-order chi connectivity index (χ0) is 13.8. The van der Waals surface area contributed by atoms with Crippen LogP contribution in [-0.2, 0) is 0 Å². The zero-order valence-electron chi connectivity index (χ0n) is 11.2. The van der Waals surface area contributed by atoms with Gasteiger partial charge in [0, 0.05) is 15.1 Å². The molecule has 5 heteroatoms. The molecule has 1 aromatic rings. The Bertz CT molecular complexity index is 417. The van der Waals surface area contributed by atoms with Gasteiger partial charge in [0.2, 0.25) is 0 Å². The van der Waals surface area contributed by atoms with E-state index in [2.05, 4.69) is 49.2 Å². The van der Waals surface area contributed by atoms with Crippen molar-refractivity contribution in [2.45, 2.75) is 45.1 Å². The van der Waals surface area contributed by atoms with Crippen LogP contribution in [-0.4, -0.2) is 4.98 Å². The third-order valence-electron chi connectivity index (χ3n) is 4.25. The molecule has 2 rings (SSSR count). The second-order valence-electron chi connectivity index (χ2n) is 5.35. The van der Waals surface area contributed by atoms with Crippen molar-refractivity contribution in [1.82, 2.24) is 10.4 Å². The van der Waals surface area contributed by atoms with Crippen molar-refractivity contribution in [3.63, 3.8) is 0 Å². The lowest BCUT2D eigenvalue weighted by Crippen LogP contribution is -2.36. The number of rotatable bonds is 4. The molecule has 0 amide bonds. The molecule has 0 bridgehead atoms. The van der Waals surface area contributed by atoms with Crippen LogP contribution in [0.5, 0.6) is 0 Å². The third kappa shape index (κ3) is 3.78. The van der Waals surface area contributed by atoms with Crippen LogP contribution < -0.4 is 11.3 Å². The fourth-order valence-electron chi connectivity index (χ4n) is 3.02. The van der Waals surface area contributed by atoms with E-state index >= 15 is 0 Å². The molecule has 3 nitrogen and oxygen atoms in total. The molecule has 0 spiro atoms. The van der Waals surface area contributed by atoms with E-state index in [0.717, 1.165) is 20.6 Å². The predicted octanol–water partition coefficient (Wildman–Crippen LogP) is 4.33. The highest BCUT2D eigenvalue weighted by atomic mass is 79.9. The maximum Gasteiger partial charge on any atom is 0.0732 e. The molecule has 1 saturated carbocycles. The maximum atomic E-state index is 5.79. The van der Waals surface area contributed by atoms with Gasteiger partial charge in [0.05, 0.1) is 11.7 Å². The first kappa shape index (κ1) is 15.4. The van der Waals surface area contributed by atoms with E-state index in [1.165, 1.54) is 32.1 Å². The molecule has 1 fully saturated rings. The topological polar surface area (TPSA) is 50.9 Å². The van der Waals surface area contributed by atoms with E-state index in [1.807, 2.05) is 12.3 Å². The summed E-state index contributed by atoms with van der Waals surface area (Å²) >= 11 is 7.03. The molecule has 1 unspecified atom stereocenters. The highest BCUT2D eigenvalue weighted by molar-refractivity contribution is 9.11. The van der Waals surface area contributed by atoms with Crippen molar-refractivity contribution in [3.8, 4) is 0 Å². The van der Waals surface area contributed by atoms with Gasteiger partial charge in [0.1, 0.15) is 0 Å². The van der Waals surface area contributed by atoms with Gasteiger partial charge in [-0.1, -0.05) is 26.2 Å². The Morgan fingerprint density at radius 1 is 1.37 bits per heavy atom. The largest absolute Gasteiger partial charge is 0.271 e. The fraction of sp³-hybridized carbons (Fsp3) is 0.643. The van der Waals surface area contributed by atoms with E-state index in [-0.39, 0.29) is 6.04 Å². The summed E-state index contributed by atoms with van der Waals surface area (Å²) in [7, 11) is 0. The Labute approximate surface area is 132 Å². The minimum Gasteiger partial charge on any atom is -0.271 e. The van der Waals surface area contributed by atoms with Crippen LogP contribution in [0.25, 0.3) is 0 Å². The molecule has 1 heterocycles. The summed E-state index contributed by atoms with van der Waals surface area (Å²) in [6.45, 7) is 2.29. The van der Waals surface area contributed by atoms with Crippen LogP contribution in [0.3, 0.4) is 0 Å². The summed E-state index contributed by atoms with van der Waals surface area (Å²) in [6, 6.07) is 2.17. The normalized spacial score (nSPS) is 25.3. The van der Waals surface area contributed by atoms with Crippen molar-refractivity contribution in [1.29, 1.82) is 0 Å². The van der Waals surface area contributed by atoms with E-state index in [4.69, 9.17) is 5.84 Å². The van der Waals surface area contributed by atoms with E-state index in [0.29, 0.717) is 5.92 Å². The lowest BCUT2D eigenvalue weighted by atomic mass is 9.77. The smallest absolute Gasteiger partial charge is 0.0732 e. The molecule has 0 aromatic carbocycles. The van der Waals surface area contributed by atoms with E-state index in [1.54, 1.807) is 0 Å². The average molecular weight is 391 g/mol. The van der Waals surface area contributed by atoms with Gasteiger partial charge in [-0.2, -0.15) is 0 Å². The van der Waals surface area contributed by atoms with Crippen molar-refractivity contribution >= 4 is 31.9 Å². The quantitative estimate of drug-likeness (QED) is 0.594. The molecule has 19 heavy (non-hydrogen) atoms. The Hall–Kier alpha value is 0.0300. The minimum atomic E-state index is 0.139. The summed E-state index contributed by atoms with van der Waals surface area (Å²) in [5.74, 6) is 7.27. The standard InChI is InChI=1S/C14H21Br2N3/c1-2-9-3-5-10(6-4-9)13(19-17)14-12(16)7-11(15)8-18-14/h7-10,13,19H,2-6,17H2,1H3. The first-order valence-electron chi connectivity index (χ1n) is 6.92. The summed E-state index contributed by atoms with van der Waals surface area (Å²) in [4.78, 5) is 4.53. The van der Waals surface area contributed by atoms with Crippen molar-refractivity contribution in [2.24, 2.45) is 17.7 Å². The van der Waals surface area contributed by atoms with Crippen molar-refractivity contribution in [3.05, 3.63) is 26.9 Å². The van der Waals surface area contributed by atoms with Gasteiger partial charge < -0.3 is 0 Å². The second kappa shape index (κ2) is 7.16. The lowest BCUT2D eigenvalue weighted by Gasteiger charge is -2.33. The maximum absolute atomic E-state index is 5.79. The Kier molecular flexibility index (Phi) is 5.81. The molecule has 1 aliphatic rings. The Morgan fingerprint density at radius 3 is 2.58 bits per heavy atom. The summed E-state index contributed by atoms with van der Waals surface area (Å²) in [5, 5.41) is 0. The minimum absolute atomic E-state index is 0.139.